The van der Waals surface area contributed by atoms with Crippen LogP contribution in [0.3, 0.4) is 0 Å². The maximum atomic E-state index is 12.8. The van der Waals surface area contributed by atoms with Crippen molar-refractivity contribution in [2.24, 2.45) is 0 Å². The van der Waals surface area contributed by atoms with Gasteiger partial charge in [-0.3, -0.25) is 0 Å². The number of alkyl halides is 3. The molecule has 0 aromatic heterocycles. The second-order valence-electron chi connectivity index (χ2n) is 5.13. The van der Waals surface area contributed by atoms with Crippen molar-refractivity contribution in [3.8, 4) is 0 Å². The maximum absolute atomic E-state index is 12.8. The van der Waals surface area contributed by atoms with Gasteiger partial charge in [-0.05, 0) is 37.5 Å². The molecule has 2 rings (SSSR count). The van der Waals surface area contributed by atoms with Gasteiger partial charge >= 0.3 is 6.18 Å². The summed E-state index contributed by atoms with van der Waals surface area (Å²) in [6.07, 6.45) is -1.36. The first-order valence-corrected chi connectivity index (χ1v) is 6.50. The molecule has 106 valence electrons. The molecular formula is C14H18F3NO. The van der Waals surface area contributed by atoms with Gasteiger partial charge in [0.25, 0.3) is 0 Å². The summed E-state index contributed by atoms with van der Waals surface area (Å²) in [5, 5.41) is 12.8. The van der Waals surface area contributed by atoms with Crippen LogP contribution < -0.4 is 5.32 Å². The zero-order chi connectivity index (χ0) is 14.0. The number of rotatable bonds is 2. The number of aryl methyl sites for hydroxylation is 1. The quantitative estimate of drug-likeness (QED) is 0.860. The molecule has 1 aliphatic rings. The lowest BCUT2D eigenvalue weighted by atomic mass is 9.92. The first-order valence-electron chi connectivity index (χ1n) is 6.50. The van der Waals surface area contributed by atoms with E-state index in [0.717, 1.165) is 25.3 Å². The number of aliphatic hydroxyl groups excluding tert-OH is 1. The highest BCUT2D eigenvalue weighted by Gasteiger charge is 2.33. The molecule has 19 heavy (non-hydrogen) atoms. The van der Waals surface area contributed by atoms with E-state index in [0.29, 0.717) is 12.1 Å². The van der Waals surface area contributed by atoms with Crippen molar-refractivity contribution in [3.05, 3.63) is 29.3 Å². The third-order valence-electron chi connectivity index (χ3n) is 3.62. The Balaban J connectivity index is 2.17. The molecule has 0 aliphatic heterocycles. The van der Waals surface area contributed by atoms with Gasteiger partial charge in [0, 0.05) is 5.69 Å². The van der Waals surface area contributed by atoms with Crippen LogP contribution in [0.5, 0.6) is 0 Å². The van der Waals surface area contributed by atoms with Crippen LogP contribution in [0.25, 0.3) is 0 Å². The Morgan fingerprint density at radius 1 is 1.21 bits per heavy atom. The van der Waals surface area contributed by atoms with Crippen LogP contribution in [0.4, 0.5) is 18.9 Å². The Morgan fingerprint density at radius 3 is 2.53 bits per heavy atom. The van der Waals surface area contributed by atoms with Crippen LogP contribution in [0.15, 0.2) is 18.2 Å². The first kappa shape index (κ1) is 14.2. The molecule has 1 aliphatic carbocycles. The minimum absolute atomic E-state index is 0.155. The Hall–Kier alpha value is -1.23. The molecule has 0 radical (unpaired) electrons. The number of hydrogen-bond acceptors (Lipinski definition) is 2. The Labute approximate surface area is 110 Å². The lowest BCUT2D eigenvalue weighted by molar-refractivity contribution is -0.138. The number of aliphatic hydroxyl groups is 1. The molecule has 2 atom stereocenters. The van der Waals surface area contributed by atoms with E-state index >= 15 is 0 Å². The first-order chi connectivity index (χ1) is 8.88. The largest absolute Gasteiger partial charge is 0.416 e. The van der Waals surface area contributed by atoms with E-state index in [-0.39, 0.29) is 11.6 Å². The molecule has 1 aromatic rings. The Morgan fingerprint density at radius 2 is 1.89 bits per heavy atom. The molecule has 0 spiro atoms. The summed E-state index contributed by atoms with van der Waals surface area (Å²) in [7, 11) is 0. The lowest BCUT2D eigenvalue weighted by Crippen LogP contribution is -2.36. The zero-order valence-electron chi connectivity index (χ0n) is 10.8. The van der Waals surface area contributed by atoms with Crippen molar-refractivity contribution in [2.75, 3.05) is 5.32 Å². The summed E-state index contributed by atoms with van der Waals surface area (Å²) in [4.78, 5) is 0. The monoisotopic (exact) mass is 273 g/mol. The molecule has 5 heteroatoms. The van der Waals surface area contributed by atoms with Gasteiger partial charge in [0.05, 0.1) is 17.7 Å². The van der Waals surface area contributed by atoms with Gasteiger partial charge in [-0.25, -0.2) is 0 Å². The summed E-state index contributed by atoms with van der Waals surface area (Å²) in [5.74, 6) is 0. The predicted octanol–water partition coefficient (Wildman–Crippen LogP) is 3.73. The normalized spacial score (nSPS) is 24.3. The molecule has 2 nitrogen and oxygen atoms in total. The van der Waals surface area contributed by atoms with Gasteiger partial charge < -0.3 is 10.4 Å². The maximum Gasteiger partial charge on any atom is 0.416 e. The van der Waals surface area contributed by atoms with Crippen LogP contribution in [0.1, 0.15) is 36.8 Å². The van der Waals surface area contributed by atoms with Crippen LogP contribution in [0.2, 0.25) is 0 Å². The molecule has 0 amide bonds. The van der Waals surface area contributed by atoms with E-state index in [4.69, 9.17) is 0 Å². The van der Waals surface area contributed by atoms with Crippen molar-refractivity contribution in [2.45, 2.75) is 50.9 Å². The molecule has 1 fully saturated rings. The third-order valence-corrected chi connectivity index (χ3v) is 3.62. The van der Waals surface area contributed by atoms with Crippen LogP contribution in [0, 0.1) is 6.92 Å². The fraction of sp³-hybridized carbons (Fsp3) is 0.571. The second kappa shape index (κ2) is 5.41. The minimum atomic E-state index is -4.34. The van der Waals surface area contributed by atoms with Crippen molar-refractivity contribution in [3.63, 3.8) is 0 Å². The average molecular weight is 273 g/mol. The summed E-state index contributed by atoms with van der Waals surface area (Å²) in [6, 6.07) is 4.06. The number of hydrogen-bond donors (Lipinski definition) is 2. The SMILES string of the molecule is Cc1ccc(N[C@@H]2CCCC[C@H]2O)cc1C(F)(F)F. The number of nitrogens with one attached hydrogen (secondary N) is 1. The minimum Gasteiger partial charge on any atom is -0.391 e. The van der Waals surface area contributed by atoms with E-state index in [2.05, 4.69) is 5.32 Å². The highest BCUT2D eigenvalue weighted by molar-refractivity contribution is 5.50. The van der Waals surface area contributed by atoms with E-state index in [1.165, 1.54) is 13.0 Å². The Kier molecular flexibility index (Phi) is 4.04. The van der Waals surface area contributed by atoms with Gasteiger partial charge in [0.1, 0.15) is 0 Å². The van der Waals surface area contributed by atoms with Gasteiger partial charge in [-0.15, -0.1) is 0 Å². The van der Waals surface area contributed by atoms with Crippen LogP contribution in [-0.2, 0) is 6.18 Å². The molecule has 0 bridgehead atoms. The van der Waals surface area contributed by atoms with Crippen LogP contribution >= 0.6 is 0 Å². The fourth-order valence-electron chi connectivity index (χ4n) is 2.51. The molecular weight excluding hydrogens is 255 g/mol. The third kappa shape index (κ3) is 3.41. The van der Waals surface area contributed by atoms with Gasteiger partial charge in [-0.1, -0.05) is 18.9 Å². The average Bonchev–Trinajstić information content (AvgIpc) is 2.33. The standard InChI is InChI=1S/C14H18F3NO/c1-9-6-7-10(8-11(9)14(15,16)17)18-12-4-2-3-5-13(12)19/h6-8,12-13,18-19H,2-5H2,1H3/t12-,13-/m1/s1. The van der Waals surface area contributed by atoms with E-state index in [1.807, 2.05) is 0 Å². The molecule has 0 saturated heterocycles. The molecule has 2 N–H and O–H groups in total. The van der Waals surface area contributed by atoms with Crippen molar-refractivity contribution < 1.29 is 18.3 Å². The summed E-state index contributed by atoms with van der Waals surface area (Å²) < 4.78 is 38.4. The van der Waals surface area contributed by atoms with E-state index < -0.39 is 17.8 Å². The smallest absolute Gasteiger partial charge is 0.391 e. The van der Waals surface area contributed by atoms with Crippen molar-refractivity contribution >= 4 is 5.69 Å². The topological polar surface area (TPSA) is 32.3 Å². The highest BCUT2D eigenvalue weighted by Crippen LogP contribution is 2.34. The Bertz CT molecular complexity index is 445. The van der Waals surface area contributed by atoms with Gasteiger partial charge in [0.2, 0.25) is 0 Å². The van der Waals surface area contributed by atoms with Crippen LogP contribution in [-0.4, -0.2) is 17.3 Å². The van der Waals surface area contributed by atoms with E-state index in [1.54, 1.807) is 6.07 Å². The molecule has 0 heterocycles. The summed E-state index contributed by atoms with van der Waals surface area (Å²) in [5.41, 5.74) is 0.00826. The number of halogens is 3. The molecule has 1 saturated carbocycles. The summed E-state index contributed by atoms with van der Waals surface area (Å²) in [6.45, 7) is 1.45. The summed E-state index contributed by atoms with van der Waals surface area (Å²) >= 11 is 0. The van der Waals surface area contributed by atoms with Crippen molar-refractivity contribution in [1.82, 2.24) is 0 Å². The number of benzene rings is 1. The number of anilines is 1. The second-order valence-corrected chi connectivity index (χ2v) is 5.13. The zero-order valence-corrected chi connectivity index (χ0v) is 10.8. The van der Waals surface area contributed by atoms with Gasteiger partial charge in [0.15, 0.2) is 0 Å². The fourth-order valence-corrected chi connectivity index (χ4v) is 2.51. The predicted molar refractivity (Wildman–Crippen MR) is 68.1 cm³/mol. The molecule has 1 aromatic carbocycles. The lowest BCUT2D eigenvalue weighted by Gasteiger charge is -2.29. The molecule has 0 unspecified atom stereocenters. The van der Waals surface area contributed by atoms with Gasteiger partial charge in [-0.2, -0.15) is 13.2 Å². The highest BCUT2D eigenvalue weighted by atomic mass is 19.4. The van der Waals surface area contributed by atoms with Crippen molar-refractivity contribution in [1.29, 1.82) is 0 Å². The van der Waals surface area contributed by atoms with E-state index in [9.17, 15) is 18.3 Å².